The van der Waals surface area contributed by atoms with Crippen LogP contribution in [0.1, 0.15) is 0 Å². The summed E-state index contributed by atoms with van der Waals surface area (Å²) >= 11 is 0. The number of nitrogens with two attached hydrogens (primary N) is 2. The van der Waals surface area contributed by atoms with Gasteiger partial charge in [0, 0.05) is 40.9 Å². The summed E-state index contributed by atoms with van der Waals surface area (Å²) in [6, 6.07) is 19.0. The number of rotatable bonds is 0. The maximum atomic E-state index is 5.36. The maximum Gasteiger partial charge on any atom is 0.0313 e. The van der Waals surface area contributed by atoms with Crippen LogP contribution in [0, 0.1) is 0 Å². The minimum absolute atomic E-state index is 0. The van der Waals surface area contributed by atoms with Crippen LogP contribution >= 0.6 is 0 Å². The van der Waals surface area contributed by atoms with Crippen LogP contribution in [0.5, 0.6) is 0 Å². The second-order valence-corrected chi connectivity index (χ2v) is 2.82. The summed E-state index contributed by atoms with van der Waals surface area (Å²) in [5.74, 6) is 0. The van der Waals surface area contributed by atoms with Gasteiger partial charge < -0.3 is 11.5 Å². The van der Waals surface area contributed by atoms with E-state index in [4.69, 9.17) is 11.5 Å². The van der Waals surface area contributed by atoms with Crippen molar-refractivity contribution in [3.8, 4) is 0 Å². The molecule has 0 fully saturated rings. The molecule has 0 saturated heterocycles. The molecular weight excluding hydrogens is 195 g/mol. The van der Waals surface area contributed by atoms with Gasteiger partial charge in [-0.05, 0) is 24.3 Å². The van der Waals surface area contributed by atoms with Crippen molar-refractivity contribution >= 4 is 40.9 Å². The van der Waals surface area contributed by atoms with Gasteiger partial charge in [0.2, 0.25) is 0 Å². The van der Waals surface area contributed by atoms with Gasteiger partial charge in [-0.25, -0.2) is 0 Å². The third-order valence-corrected chi connectivity index (χ3v) is 1.60. The first-order chi connectivity index (χ1) is 6.79. The molecule has 2 aromatic carbocycles. The Balaban J connectivity index is 0.000000245. The summed E-state index contributed by atoms with van der Waals surface area (Å²) in [5.41, 5.74) is 12.4. The van der Waals surface area contributed by atoms with Crippen molar-refractivity contribution in [2.75, 3.05) is 11.5 Å². The largest absolute Gasteiger partial charge is 0.399 e. The third-order valence-electron chi connectivity index (χ3n) is 1.60. The molecule has 0 spiro atoms. The summed E-state index contributed by atoms with van der Waals surface area (Å²) < 4.78 is 0. The van der Waals surface area contributed by atoms with Crippen molar-refractivity contribution < 1.29 is 0 Å². The Labute approximate surface area is 113 Å². The van der Waals surface area contributed by atoms with Crippen molar-refractivity contribution in [2.24, 2.45) is 0 Å². The summed E-state index contributed by atoms with van der Waals surface area (Å²) in [4.78, 5) is 0. The van der Waals surface area contributed by atoms with Crippen molar-refractivity contribution in [1.29, 1.82) is 0 Å². The SMILES string of the molecule is Nc1ccccc1.Nc1ccccc1.[Na]. The van der Waals surface area contributed by atoms with E-state index in [1.165, 1.54) is 0 Å². The van der Waals surface area contributed by atoms with Crippen LogP contribution in [0.4, 0.5) is 11.4 Å². The second-order valence-electron chi connectivity index (χ2n) is 2.82. The second kappa shape index (κ2) is 8.36. The summed E-state index contributed by atoms with van der Waals surface area (Å²) in [5, 5.41) is 0. The van der Waals surface area contributed by atoms with Crippen LogP contribution in [0.15, 0.2) is 60.7 Å². The van der Waals surface area contributed by atoms with Crippen LogP contribution in [-0.2, 0) is 0 Å². The van der Waals surface area contributed by atoms with Gasteiger partial charge in [0.15, 0.2) is 0 Å². The fourth-order valence-corrected chi connectivity index (χ4v) is 0.906. The van der Waals surface area contributed by atoms with Crippen LogP contribution < -0.4 is 11.5 Å². The first-order valence-electron chi connectivity index (χ1n) is 4.40. The van der Waals surface area contributed by atoms with Gasteiger partial charge in [-0.1, -0.05) is 36.4 Å². The molecular formula is C12H14N2Na. The molecule has 0 bridgehead atoms. The predicted octanol–water partition coefficient (Wildman–Crippen LogP) is 2.16. The topological polar surface area (TPSA) is 52.0 Å². The molecule has 0 unspecified atom stereocenters. The Kier molecular flexibility index (Phi) is 7.82. The van der Waals surface area contributed by atoms with E-state index in [-0.39, 0.29) is 29.6 Å². The normalized spacial score (nSPS) is 8.00. The minimum Gasteiger partial charge on any atom is -0.399 e. The predicted molar refractivity (Wildman–Crippen MR) is 67.5 cm³/mol. The smallest absolute Gasteiger partial charge is 0.0313 e. The molecule has 0 aliphatic heterocycles. The van der Waals surface area contributed by atoms with E-state index in [9.17, 15) is 0 Å². The molecule has 2 aromatic rings. The number of para-hydroxylation sites is 2. The Hall–Kier alpha value is -0.960. The van der Waals surface area contributed by atoms with E-state index in [0.29, 0.717) is 0 Å². The Morgan fingerprint density at radius 2 is 0.800 bits per heavy atom. The van der Waals surface area contributed by atoms with E-state index in [1.807, 2.05) is 60.7 Å². The van der Waals surface area contributed by atoms with Crippen molar-refractivity contribution in [3.05, 3.63) is 60.7 Å². The van der Waals surface area contributed by atoms with Gasteiger partial charge in [-0.15, -0.1) is 0 Å². The van der Waals surface area contributed by atoms with E-state index >= 15 is 0 Å². The molecule has 3 heteroatoms. The quantitative estimate of drug-likeness (QED) is 0.516. The Bertz CT molecular complexity index is 311. The molecule has 0 aromatic heterocycles. The molecule has 0 saturated carbocycles. The zero-order valence-corrected chi connectivity index (χ0v) is 10.9. The zero-order chi connectivity index (χ0) is 10.2. The van der Waals surface area contributed by atoms with Crippen molar-refractivity contribution in [3.63, 3.8) is 0 Å². The zero-order valence-electron chi connectivity index (χ0n) is 8.93. The monoisotopic (exact) mass is 209 g/mol. The van der Waals surface area contributed by atoms with Crippen molar-refractivity contribution in [2.45, 2.75) is 0 Å². The Morgan fingerprint density at radius 3 is 0.933 bits per heavy atom. The van der Waals surface area contributed by atoms with Crippen LogP contribution in [0.25, 0.3) is 0 Å². The average Bonchev–Trinajstić information content (AvgIpc) is 2.21. The van der Waals surface area contributed by atoms with Gasteiger partial charge in [0.1, 0.15) is 0 Å². The fourth-order valence-electron chi connectivity index (χ4n) is 0.906. The molecule has 0 atom stereocenters. The first kappa shape index (κ1) is 14.0. The molecule has 0 aliphatic rings. The molecule has 73 valence electrons. The maximum absolute atomic E-state index is 5.36. The molecule has 2 rings (SSSR count). The number of hydrogen-bond acceptors (Lipinski definition) is 2. The van der Waals surface area contributed by atoms with Crippen LogP contribution in [0.2, 0.25) is 0 Å². The first-order valence-corrected chi connectivity index (χ1v) is 4.40. The van der Waals surface area contributed by atoms with E-state index < -0.39 is 0 Å². The minimum atomic E-state index is 0. The fraction of sp³-hybridized carbons (Fsp3) is 0. The van der Waals surface area contributed by atoms with Crippen LogP contribution in [-0.4, -0.2) is 29.6 Å². The van der Waals surface area contributed by atoms with Gasteiger partial charge in [-0.3, -0.25) is 0 Å². The van der Waals surface area contributed by atoms with E-state index in [2.05, 4.69) is 0 Å². The average molecular weight is 209 g/mol. The van der Waals surface area contributed by atoms with Crippen LogP contribution in [0.3, 0.4) is 0 Å². The number of anilines is 2. The molecule has 2 nitrogen and oxygen atoms in total. The van der Waals surface area contributed by atoms with E-state index in [0.717, 1.165) is 11.4 Å². The number of nitrogen functional groups attached to an aromatic ring is 2. The number of hydrogen-bond donors (Lipinski definition) is 2. The standard InChI is InChI=1S/2C6H7N.Na/c2*7-6-4-2-1-3-5-6;/h2*1-5H,7H2;. The summed E-state index contributed by atoms with van der Waals surface area (Å²) in [6.07, 6.45) is 0. The Morgan fingerprint density at radius 1 is 0.533 bits per heavy atom. The number of benzene rings is 2. The third kappa shape index (κ3) is 7.03. The van der Waals surface area contributed by atoms with Gasteiger partial charge >= 0.3 is 0 Å². The van der Waals surface area contributed by atoms with E-state index in [1.54, 1.807) is 0 Å². The summed E-state index contributed by atoms with van der Waals surface area (Å²) in [6.45, 7) is 0. The van der Waals surface area contributed by atoms with Gasteiger partial charge in [0.25, 0.3) is 0 Å². The molecule has 1 radical (unpaired) electrons. The molecule has 0 amide bonds. The molecule has 15 heavy (non-hydrogen) atoms. The van der Waals surface area contributed by atoms with Crippen molar-refractivity contribution in [1.82, 2.24) is 0 Å². The van der Waals surface area contributed by atoms with Gasteiger partial charge in [-0.2, -0.15) is 0 Å². The van der Waals surface area contributed by atoms with Gasteiger partial charge in [0.05, 0.1) is 0 Å². The summed E-state index contributed by atoms with van der Waals surface area (Å²) in [7, 11) is 0. The molecule has 4 N–H and O–H groups in total. The molecule has 0 heterocycles. The molecule has 0 aliphatic carbocycles.